The summed E-state index contributed by atoms with van der Waals surface area (Å²) < 4.78 is 22.7. The fourth-order valence-corrected chi connectivity index (χ4v) is 4.40. The van der Waals surface area contributed by atoms with Crippen molar-refractivity contribution in [3.05, 3.63) is 60.2 Å². The Balaban J connectivity index is 1.58. The molecule has 1 saturated heterocycles. The number of nitrogens with zero attached hydrogens (tertiary/aromatic N) is 1. The molecular weight excluding hydrogens is 324 g/mol. The van der Waals surface area contributed by atoms with Crippen molar-refractivity contribution in [3.8, 4) is 11.1 Å². The first kappa shape index (κ1) is 16.4. The van der Waals surface area contributed by atoms with Crippen molar-refractivity contribution in [2.24, 2.45) is 11.0 Å². The lowest BCUT2D eigenvalue weighted by Gasteiger charge is -2.05. The molecule has 124 valence electrons. The fraction of sp³-hybridized carbons (Fsp3) is 0.222. The predicted octanol–water partition coefficient (Wildman–Crippen LogP) is 2.24. The molecule has 24 heavy (non-hydrogen) atoms. The molecule has 1 N–H and O–H groups in total. The van der Waals surface area contributed by atoms with Crippen molar-refractivity contribution in [1.82, 2.24) is 5.43 Å². The molecule has 2 aromatic rings. The second-order valence-corrected chi connectivity index (χ2v) is 8.05. The van der Waals surface area contributed by atoms with Crippen LogP contribution in [0.4, 0.5) is 0 Å². The van der Waals surface area contributed by atoms with Gasteiger partial charge in [-0.05, 0) is 23.1 Å². The van der Waals surface area contributed by atoms with E-state index in [0.29, 0.717) is 6.42 Å². The van der Waals surface area contributed by atoms with E-state index in [4.69, 9.17) is 0 Å². The van der Waals surface area contributed by atoms with Gasteiger partial charge in [-0.3, -0.25) is 4.79 Å². The number of hydrogen-bond acceptors (Lipinski definition) is 4. The first-order valence-electron chi connectivity index (χ1n) is 7.72. The molecule has 3 rings (SSSR count). The van der Waals surface area contributed by atoms with Gasteiger partial charge in [-0.1, -0.05) is 54.6 Å². The maximum Gasteiger partial charge on any atom is 0.244 e. The van der Waals surface area contributed by atoms with Crippen molar-refractivity contribution in [2.75, 3.05) is 11.5 Å². The van der Waals surface area contributed by atoms with Gasteiger partial charge >= 0.3 is 0 Å². The average Bonchev–Trinajstić information content (AvgIpc) is 2.96. The van der Waals surface area contributed by atoms with Gasteiger partial charge in [-0.15, -0.1) is 0 Å². The zero-order valence-corrected chi connectivity index (χ0v) is 13.9. The topological polar surface area (TPSA) is 75.6 Å². The number of carbonyl (C=O) groups is 1. The van der Waals surface area contributed by atoms with Gasteiger partial charge in [-0.25, -0.2) is 13.8 Å². The van der Waals surface area contributed by atoms with E-state index in [9.17, 15) is 13.2 Å². The summed E-state index contributed by atoms with van der Waals surface area (Å²) in [7, 11) is -3.06. The van der Waals surface area contributed by atoms with Crippen LogP contribution in [0.25, 0.3) is 11.1 Å². The molecule has 5 nitrogen and oxygen atoms in total. The van der Waals surface area contributed by atoms with E-state index in [1.165, 1.54) is 0 Å². The minimum absolute atomic E-state index is 0.0791. The third kappa shape index (κ3) is 4.08. The number of sulfone groups is 1. The van der Waals surface area contributed by atoms with Crippen molar-refractivity contribution in [2.45, 2.75) is 6.42 Å². The summed E-state index contributed by atoms with van der Waals surface area (Å²) in [6.07, 6.45) is 1.92. The Morgan fingerprint density at radius 2 is 1.71 bits per heavy atom. The van der Waals surface area contributed by atoms with Crippen LogP contribution >= 0.6 is 0 Å². The highest BCUT2D eigenvalue weighted by Crippen LogP contribution is 2.19. The molecule has 2 aromatic carbocycles. The van der Waals surface area contributed by atoms with E-state index in [-0.39, 0.29) is 17.4 Å². The van der Waals surface area contributed by atoms with Crippen molar-refractivity contribution in [3.63, 3.8) is 0 Å². The van der Waals surface area contributed by atoms with E-state index in [0.717, 1.165) is 16.7 Å². The third-order valence-electron chi connectivity index (χ3n) is 4.01. The summed E-state index contributed by atoms with van der Waals surface area (Å²) >= 11 is 0. The highest BCUT2D eigenvalue weighted by atomic mass is 32.2. The Morgan fingerprint density at radius 1 is 1.04 bits per heavy atom. The van der Waals surface area contributed by atoms with E-state index in [1.807, 2.05) is 54.6 Å². The highest BCUT2D eigenvalue weighted by molar-refractivity contribution is 7.91. The second-order valence-electron chi connectivity index (χ2n) is 5.82. The summed E-state index contributed by atoms with van der Waals surface area (Å²) in [6.45, 7) is 0. The number of amides is 1. The molecule has 1 aliphatic rings. The number of nitrogens with one attached hydrogen (secondary N) is 1. The minimum Gasteiger partial charge on any atom is -0.273 e. The van der Waals surface area contributed by atoms with Gasteiger partial charge in [0.05, 0.1) is 23.6 Å². The van der Waals surface area contributed by atoms with Crippen molar-refractivity contribution >= 4 is 22.0 Å². The molecule has 1 amide bonds. The minimum atomic E-state index is -3.06. The maximum absolute atomic E-state index is 11.9. The summed E-state index contributed by atoms with van der Waals surface area (Å²) in [5.74, 6) is -0.837. The zero-order valence-electron chi connectivity index (χ0n) is 13.1. The third-order valence-corrected chi connectivity index (χ3v) is 5.78. The van der Waals surface area contributed by atoms with Gasteiger partial charge in [0.2, 0.25) is 5.91 Å². The van der Waals surface area contributed by atoms with E-state index in [2.05, 4.69) is 10.5 Å². The lowest BCUT2D eigenvalue weighted by molar-refractivity contribution is -0.124. The molecule has 0 aliphatic carbocycles. The summed E-state index contributed by atoms with van der Waals surface area (Å²) in [5.41, 5.74) is 5.52. The lowest BCUT2D eigenvalue weighted by atomic mass is 10.0. The molecule has 1 atom stereocenters. The number of carbonyl (C=O) groups excluding carboxylic acids is 1. The predicted molar refractivity (Wildman–Crippen MR) is 94.4 cm³/mol. The van der Waals surface area contributed by atoms with Gasteiger partial charge in [0, 0.05) is 0 Å². The molecule has 6 heteroatoms. The Bertz CT molecular complexity index is 844. The Morgan fingerprint density at radius 3 is 2.33 bits per heavy atom. The molecule has 0 radical (unpaired) electrons. The van der Waals surface area contributed by atoms with Crippen molar-refractivity contribution < 1.29 is 13.2 Å². The van der Waals surface area contributed by atoms with Crippen LogP contribution in [0.1, 0.15) is 12.0 Å². The largest absolute Gasteiger partial charge is 0.273 e. The van der Waals surface area contributed by atoms with Crippen LogP contribution < -0.4 is 5.43 Å². The molecule has 1 fully saturated rings. The first-order valence-corrected chi connectivity index (χ1v) is 9.54. The zero-order chi connectivity index (χ0) is 17.0. The van der Waals surface area contributed by atoms with E-state index in [1.54, 1.807) is 6.21 Å². The molecule has 1 heterocycles. The smallest absolute Gasteiger partial charge is 0.244 e. The normalized spacial score (nSPS) is 19.4. The number of hydrogen-bond donors (Lipinski definition) is 1. The summed E-state index contributed by atoms with van der Waals surface area (Å²) in [5, 5.41) is 3.92. The SMILES string of the molecule is O=C(N/N=C\c1ccc(-c2ccccc2)cc1)[C@H]1CCS(=O)(=O)C1. The Hall–Kier alpha value is -2.47. The molecule has 0 spiro atoms. The molecule has 0 aromatic heterocycles. The molecular formula is C18H18N2O3S. The second kappa shape index (κ2) is 6.97. The Labute approximate surface area is 141 Å². The maximum atomic E-state index is 11.9. The van der Waals surface area contributed by atoms with E-state index < -0.39 is 15.8 Å². The monoisotopic (exact) mass is 342 g/mol. The van der Waals surface area contributed by atoms with Crippen LogP contribution in [0.3, 0.4) is 0 Å². The number of benzene rings is 2. The fourth-order valence-electron chi connectivity index (χ4n) is 2.66. The van der Waals surface area contributed by atoms with Crippen LogP contribution in [0.15, 0.2) is 59.7 Å². The molecule has 1 aliphatic heterocycles. The van der Waals surface area contributed by atoms with Crippen LogP contribution in [-0.2, 0) is 14.6 Å². The van der Waals surface area contributed by atoms with Gasteiger partial charge in [0.1, 0.15) is 0 Å². The number of rotatable bonds is 4. The summed E-state index contributed by atoms with van der Waals surface area (Å²) in [6, 6.07) is 17.8. The highest BCUT2D eigenvalue weighted by Gasteiger charge is 2.32. The van der Waals surface area contributed by atoms with Crippen LogP contribution in [0.2, 0.25) is 0 Å². The van der Waals surface area contributed by atoms with Gasteiger partial charge in [-0.2, -0.15) is 5.10 Å². The molecule has 0 saturated carbocycles. The quantitative estimate of drug-likeness (QED) is 0.684. The summed E-state index contributed by atoms with van der Waals surface area (Å²) in [4.78, 5) is 11.9. The Kier molecular flexibility index (Phi) is 4.76. The van der Waals surface area contributed by atoms with Crippen LogP contribution in [0, 0.1) is 5.92 Å². The first-order chi connectivity index (χ1) is 11.5. The standard InChI is InChI=1S/C18H18N2O3S/c21-18(17-10-11-24(22,23)13-17)20-19-12-14-6-8-16(9-7-14)15-4-2-1-3-5-15/h1-9,12,17H,10-11,13H2,(H,20,21)/b19-12-/t17-/m0/s1. The van der Waals surface area contributed by atoms with Gasteiger partial charge in [0.25, 0.3) is 0 Å². The van der Waals surface area contributed by atoms with Gasteiger partial charge in [0.15, 0.2) is 9.84 Å². The average molecular weight is 342 g/mol. The lowest BCUT2D eigenvalue weighted by Crippen LogP contribution is -2.27. The van der Waals surface area contributed by atoms with Crippen LogP contribution in [-0.4, -0.2) is 32.0 Å². The van der Waals surface area contributed by atoms with Crippen LogP contribution in [0.5, 0.6) is 0 Å². The van der Waals surface area contributed by atoms with E-state index >= 15 is 0 Å². The van der Waals surface area contributed by atoms with Gasteiger partial charge < -0.3 is 0 Å². The van der Waals surface area contributed by atoms with Crippen molar-refractivity contribution in [1.29, 1.82) is 0 Å². The molecule has 0 unspecified atom stereocenters. The molecule has 0 bridgehead atoms. The number of hydrazone groups is 1.